The molecule has 2 N–H and O–H groups in total. The van der Waals surface area contributed by atoms with Gasteiger partial charge in [0.2, 0.25) is 5.82 Å². The third-order valence-corrected chi connectivity index (χ3v) is 2.38. The molecule has 0 bridgehead atoms. The normalized spacial score (nSPS) is 10.1. The zero-order valence-corrected chi connectivity index (χ0v) is 9.93. The van der Waals surface area contributed by atoms with Crippen molar-refractivity contribution in [2.24, 2.45) is 0 Å². The summed E-state index contributed by atoms with van der Waals surface area (Å²) in [6.07, 6.45) is -0.677. The highest BCUT2D eigenvalue weighted by atomic mass is 16.5. The van der Waals surface area contributed by atoms with E-state index in [0.29, 0.717) is 11.0 Å². The van der Waals surface area contributed by atoms with E-state index in [1.165, 1.54) is 18.8 Å². The predicted octanol–water partition coefficient (Wildman–Crippen LogP) is 0.706. The largest absolute Gasteiger partial charge is 0.452 e. The summed E-state index contributed by atoms with van der Waals surface area (Å²) < 4.78 is 5.80. The van der Waals surface area contributed by atoms with E-state index in [2.05, 4.69) is 20.5 Å². The number of amides is 2. The minimum absolute atomic E-state index is 0.0871. The van der Waals surface area contributed by atoms with Crippen molar-refractivity contribution in [1.29, 1.82) is 0 Å². The van der Waals surface area contributed by atoms with Crippen molar-refractivity contribution in [1.82, 2.24) is 15.0 Å². The Bertz CT molecular complexity index is 605. The summed E-state index contributed by atoms with van der Waals surface area (Å²) in [6.45, 7) is 0. The highest BCUT2D eigenvalue weighted by molar-refractivity contribution is 5.96. The summed E-state index contributed by atoms with van der Waals surface area (Å²) in [4.78, 5) is 27.1. The maximum atomic E-state index is 11.7. The molecule has 0 saturated carbocycles. The number of benzene rings is 1. The molecule has 0 aliphatic heterocycles. The lowest BCUT2D eigenvalue weighted by atomic mass is 10.3. The molecule has 7 heteroatoms. The Morgan fingerprint density at radius 3 is 2.72 bits per heavy atom. The summed E-state index contributed by atoms with van der Waals surface area (Å²) in [5.74, 6) is -0.313. The summed E-state index contributed by atoms with van der Waals surface area (Å²) in [5, 5.41) is 2.46. The number of rotatable bonds is 2. The predicted molar refractivity (Wildman–Crippen MR) is 64.9 cm³/mol. The van der Waals surface area contributed by atoms with E-state index >= 15 is 0 Å². The molecule has 0 unspecified atom stereocenters. The lowest BCUT2D eigenvalue weighted by Crippen LogP contribution is -2.30. The third-order valence-electron chi connectivity index (χ3n) is 2.38. The van der Waals surface area contributed by atoms with Crippen LogP contribution >= 0.6 is 0 Å². The number of aromatic nitrogens is 2. The molecule has 0 radical (unpaired) electrons. The average Bonchev–Trinajstić information content (AvgIpc) is 2.77. The van der Waals surface area contributed by atoms with Crippen LogP contribution in [0.25, 0.3) is 11.0 Å². The van der Waals surface area contributed by atoms with Crippen molar-refractivity contribution in [2.75, 3.05) is 19.6 Å². The number of para-hydroxylation sites is 2. The molecule has 1 heterocycles. The molecule has 0 saturated heterocycles. The monoisotopic (exact) mass is 248 g/mol. The summed E-state index contributed by atoms with van der Waals surface area (Å²) in [5.41, 5.74) is 3.65. The van der Waals surface area contributed by atoms with Crippen LogP contribution in [0.1, 0.15) is 10.6 Å². The molecule has 0 aliphatic carbocycles. The number of methoxy groups -OCH3 is 1. The lowest BCUT2D eigenvalue weighted by molar-refractivity contribution is 0.0950. The van der Waals surface area contributed by atoms with Gasteiger partial charge in [-0.1, -0.05) is 12.1 Å². The fraction of sp³-hybridized carbons (Fsp3) is 0.182. The molecular weight excluding hydrogens is 236 g/mol. The van der Waals surface area contributed by atoms with E-state index in [1.807, 2.05) is 0 Å². The van der Waals surface area contributed by atoms with Gasteiger partial charge in [-0.2, -0.15) is 0 Å². The first kappa shape index (κ1) is 11.9. The van der Waals surface area contributed by atoms with Crippen molar-refractivity contribution in [3.63, 3.8) is 0 Å². The second kappa shape index (κ2) is 4.74. The number of nitrogens with one attached hydrogen (secondary N) is 2. The number of carbonyl (C=O) groups excluding carboxylic acids is 2. The SMILES string of the molecule is CNC(=O)c1nc2ccccc2n1NC(=O)OC. The first-order chi connectivity index (χ1) is 8.67. The van der Waals surface area contributed by atoms with Crippen LogP contribution < -0.4 is 10.7 Å². The zero-order valence-electron chi connectivity index (χ0n) is 9.93. The number of nitrogens with zero attached hydrogens (tertiary/aromatic N) is 2. The summed E-state index contributed by atoms with van der Waals surface area (Å²) in [7, 11) is 2.73. The maximum absolute atomic E-state index is 11.7. The van der Waals surface area contributed by atoms with Crippen LogP contribution in [0.4, 0.5) is 4.79 Å². The number of imidazole rings is 1. The molecule has 0 atom stereocenters. The first-order valence-corrected chi connectivity index (χ1v) is 5.22. The van der Waals surface area contributed by atoms with Crippen molar-refractivity contribution >= 4 is 23.0 Å². The number of ether oxygens (including phenoxy) is 1. The summed E-state index contributed by atoms with van der Waals surface area (Å²) >= 11 is 0. The molecule has 7 nitrogen and oxygen atoms in total. The van der Waals surface area contributed by atoms with Gasteiger partial charge in [-0.3, -0.25) is 4.79 Å². The van der Waals surface area contributed by atoms with Crippen LogP contribution in [0.15, 0.2) is 24.3 Å². The molecular formula is C11H12N4O3. The number of fused-ring (bicyclic) bond motifs is 1. The van der Waals surface area contributed by atoms with Crippen LogP contribution in [0, 0.1) is 0 Å². The van der Waals surface area contributed by atoms with E-state index in [0.717, 1.165) is 0 Å². The first-order valence-electron chi connectivity index (χ1n) is 5.22. The Balaban J connectivity index is 2.57. The second-order valence-electron chi connectivity index (χ2n) is 3.44. The molecule has 0 fully saturated rings. The Hall–Kier alpha value is -2.57. The quantitative estimate of drug-likeness (QED) is 0.819. The van der Waals surface area contributed by atoms with Crippen LogP contribution in [-0.4, -0.2) is 35.8 Å². The topological polar surface area (TPSA) is 85.3 Å². The van der Waals surface area contributed by atoms with Gasteiger partial charge in [-0.05, 0) is 12.1 Å². The molecule has 1 aromatic heterocycles. The average molecular weight is 248 g/mol. The zero-order chi connectivity index (χ0) is 13.1. The van der Waals surface area contributed by atoms with Crippen LogP contribution in [0.3, 0.4) is 0 Å². The smallest absolute Gasteiger partial charge is 0.426 e. The van der Waals surface area contributed by atoms with Crippen molar-refractivity contribution in [3.05, 3.63) is 30.1 Å². The fourth-order valence-electron chi connectivity index (χ4n) is 1.54. The molecule has 2 aromatic rings. The minimum atomic E-state index is -0.677. The standard InChI is InChI=1S/C11H12N4O3/c1-12-10(16)9-13-7-5-3-4-6-8(7)15(9)14-11(17)18-2/h3-6H,1-2H3,(H,12,16)(H,14,17). The number of carbonyl (C=O) groups is 2. The van der Waals surface area contributed by atoms with E-state index < -0.39 is 12.0 Å². The molecule has 2 amide bonds. The van der Waals surface area contributed by atoms with Crippen molar-refractivity contribution in [2.45, 2.75) is 0 Å². The Labute approximate surface area is 103 Å². The third kappa shape index (κ3) is 1.97. The van der Waals surface area contributed by atoms with Gasteiger partial charge in [-0.25, -0.2) is 19.9 Å². The molecule has 2 rings (SSSR count). The van der Waals surface area contributed by atoms with Gasteiger partial charge < -0.3 is 10.1 Å². The number of hydrogen-bond donors (Lipinski definition) is 2. The molecule has 18 heavy (non-hydrogen) atoms. The molecule has 0 spiro atoms. The Kier molecular flexibility index (Phi) is 3.13. The maximum Gasteiger partial charge on any atom is 0.426 e. The highest BCUT2D eigenvalue weighted by Crippen LogP contribution is 2.14. The van der Waals surface area contributed by atoms with Gasteiger partial charge in [0.25, 0.3) is 5.91 Å². The summed E-state index contributed by atoms with van der Waals surface area (Å²) in [6, 6.07) is 7.07. The Morgan fingerprint density at radius 1 is 1.33 bits per heavy atom. The number of hydrogen-bond acceptors (Lipinski definition) is 4. The van der Waals surface area contributed by atoms with Gasteiger partial charge in [0, 0.05) is 7.05 Å². The Morgan fingerprint density at radius 2 is 2.06 bits per heavy atom. The van der Waals surface area contributed by atoms with Crippen LogP contribution in [-0.2, 0) is 4.74 Å². The second-order valence-corrected chi connectivity index (χ2v) is 3.44. The van der Waals surface area contributed by atoms with Gasteiger partial charge in [0.15, 0.2) is 0 Å². The highest BCUT2D eigenvalue weighted by Gasteiger charge is 2.17. The van der Waals surface area contributed by atoms with Gasteiger partial charge in [0.1, 0.15) is 0 Å². The van der Waals surface area contributed by atoms with Gasteiger partial charge in [-0.15, -0.1) is 0 Å². The van der Waals surface area contributed by atoms with E-state index in [-0.39, 0.29) is 5.82 Å². The van der Waals surface area contributed by atoms with Crippen LogP contribution in [0.2, 0.25) is 0 Å². The van der Waals surface area contributed by atoms with Crippen molar-refractivity contribution in [3.8, 4) is 0 Å². The lowest BCUT2D eigenvalue weighted by Gasteiger charge is -2.08. The van der Waals surface area contributed by atoms with Crippen molar-refractivity contribution < 1.29 is 14.3 Å². The molecule has 94 valence electrons. The van der Waals surface area contributed by atoms with Gasteiger partial charge >= 0.3 is 6.09 Å². The van der Waals surface area contributed by atoms with E-state index in [4.69, 9.17) is 0 Å². The molecule has 0 aliphatic rings. The molecule has 1 aromatic carbocycles. The van der Waals surface area contributed by atoms with E-state index in [9.17, 15) is 9.59 Å². The fourth-order valence-corrected chi connectivity index (χ4v) is 1.54. The van der Waals surface area contributed by atoms with E-state index in [1.54, 1.807) is 24.3 Å². The van der Waals surface area contributed by atoms with Gasteiger partial charge in [0.05, 0.1) is 18.1 Å². The minimum Gasteiger partial charge on any atom is -0.452 e. The van der Waals surface area contributed by atoms with Crippen LogP contribution in [0.5, 0.6) is 0 Å².